The van der Waals surface area contributed by atoms with Crippen molar-refractivity contribution >= 4 is 27.5 Å². The third kappa shape index (κ3) is 2.61. The van der Waals surface area contributed by atoms with Gasteiger partial charge in [0.05, 0.1) is 0 Å². The Morgan fingerprint density at radius 1 is 1.06 bits per heavy atom. The first-order valence-electron chi connectivity index (χ1n) is 5.70. The molecule has 1 atom stereocenters. The van der Waals surface area contributed by atoms with Crippen LogP contribution >= 0.6 is 27.5 Å². The number of aryl methyl sites for hydroxylation is 2. The molecular formula is C15H14BrClO. The van der Waals surface area contributed by atoms with Crippen molar-refractivity contribution in [3.05, 3.63) is 68.1 Å². The molecule has 2 aromatic carbocycles. The molecule has 0 aliphatic carbocycles. The summed E-state index contributed by atoms with van der Waals surface area (Å²) in [7, 11) is 0. The van der Waals surface area contributed by atoms with E-state index in [4.69, 9.17) is 11.6 Å². The Labute approximate surface area is 121 Å². The highest BCUT2D eigenvalue weighted by Gasteiger charge is 2.16. The maximum Gasteiger partial charge on any atom is 0.106 e. The van der Waals surface area contributed by atoms with E-state index in [-0.39, 0.29) is 0 Å². The van der Waals surface area contributed by atoms with Crippen LogP contribution in [-0.2, 0) is 0 Å². The monoisotopic (exact) mass is 324 g/mol. The minimum atomic E-state index is -0.689. The molecule has 0 aliphatic heterocycles. The van der Waals surface area contributed by atoms with Crippen LogP contribution in [0.15, 0.2) is 40.9 Å². The van der Waals surface area contributed by atoms with Crippen molar-refractivity contribution in [2.75, 3.05) is 0 Å². The van der Waals surface area contributed by atoms with Gasteiger partial charge in [-0.2, -0.15) is 0 Å². The quantitative estimate of drug-likeness (QED) is 0.841. The molecule has 0 aromatic heterocycles. The van der Waals surface area contributed by atoms with E-state index in [1.54, 1.807) is 6.07 Å². The first-order chi connectivity index (χ1) is 8.50. The molecule has 0 heterocycles. The Hall–Kier alpha value is -0.830. The standard InChI is InChI=1S/C15H14BrClO/c1-9-8-13(16)10(2)7-12(9)15(18)11-5-3-4-6-14(11)17/h3-8,15,18H,1-2H3. The van der Waals surface area contributed by atoms with Crippen molar-refractivity contribution < 1.29 is 5.11 Å². The van der Waals surface area contributed by atoms with Crippen molar-refractivity contribution in [2.45, 2.75) is 20.0 Å². The number of aliphatic hydroxyl groups is 1. The number of rotatable bonds is 2. The largest absolute Gasteiger partial charge is 0.384 e. The zero-order valence-electron chi connectivity index (χ0n) is 10.2. The van der Waals surface area contributed by atoms with Crippen LogP contribution in [-0.4, -0.2) is 5.11 Å². The lowest BCUT2D eigenvalue weighted by molar-refractivity contribution is 0.219. The molecule has 0 spiro atoms. The summed E-state index contributed by atoms with van der Waals surface area (Å²) in [6.07, 6.45) is -0.689. The van der Waals surface area contributed by atoms with Gasteiger partial charge < -0.3 is 5.11 Å². The molecule has 0 saturated carbocycles. The fraction of sp³-hybridized carbons (Fsp3) is 0.200. The second kappa shape index (κ2) is 5.43. The number of halogens is 2. The SMILES string of the molecule is Cc1cc(C(O)c2ccccc2Cl)c(C)cc1Br. The van der Waals surface area contributed by atoms with Gasteiger partial charge in [-0.15, -0.1) is 0 Å². The summed E-state index contributed by atoms with van der Waals surface area (Å²) >= 11 is 9.62. The van der Waals surface area contributed by atoms with Crippen molar-refractivity contribution in [1.29, 1.82) is 0 Å². The molecular weight excluding hydrogens is 312 g/mol. The van der Waals surface area contributed by atoms with Gasteiger partial charge in [0.2, 0.25) is 0 Å². The van der Waals surface area contributed by atoms with Crippen LogP contribution in [0.2, 0.25) is 5.02 Å². The summed E-state index contributed by atoms with van der Waals surface area (Å²) in [6.45, 7) is 3.99. The second-order valence-corrected chi connectivity index (χ2v) is 5.64. The summed E-state index contributed by atoms with van der Waals surface area (Å²) in [4.78, 5) is 0. The Bertz CT molecular complexity index is 581. The van der Waals surface area contributed by atoms with Crippen LogP contribution in [0.1, 0.15) is 28.4 Å². The van der Waals surface area contributed by atoms with Crippen molar-refractivity contribution in [2.24, 2.45) is 0 Å². The lowest BCUT2D eigenvalue weighted by Gasteiger charge is -2.17. The highest BCUT2D eigenvalue weighted by molar-refractivity contribution is 9.10. The third-order valence-corrected chi connectivity index (χ3v) is 4.24. The molecule has 0 bridgehead atoms. The molecule has 0 saturated heterocycles. The topological polar surface area (TPSA) is 20.2 Å². The molecule has 2 rings (SSSR count). The molecule has 18 heavy (non-hydrogen) atoms. The fourth-order valence-corrected chi connectivity index (χ4v) is 2.66. The van der Waals surface area contributed by atoms with E-state index in [1.807, 2.05) is 44.2 Å². The average Bonchev–Trinajstić information content (AvgIpc) is 2.33. The summed E-state index contributed by atoms with van der Waals surface area (Å²) < 4.78 is 1.05. The van der Waals surface area contributed by atoms with Crippen LogP contribution in [0, 0.1) is 13.8 Å². The van der Waals surface area contributed by atoms with Crippen LogP contribution in [0.5, 0.6) is 0 Å². The van der Waals surface area contributed by atoms with Crippen molar-refractivity contribution in [1.82, 2.24) is 0 Å². The highest BCUT2D eigenvalue weighted by atomic mass is 79.9. The Morgan fingerprint density at radius 3 is 2.39 bits per heavy atom. The molecule has 1 N–H and O–H groups in total. The molecule has 1 nitrogen and oxygen atoms in total. The lowest BCUT2D eigenvalue weighted by Crippen LogP contribution is -2.03. The second-order valence-electron chi connectivity index (χ2n) is 4.38. The molecule has 0 amide bonds. The van der Waals surface area contributed by atoms with E-state index in [0.717, 1.165) is 26.7 Å². The van der Waals surface area contributed by atoms with E-state index in [9.17, 15) is 5.11 Å². The first-order valence-corrected chi connectivity index (χ1v) is 6.87. The minimum absolute atomic E-state index is 0.588. The summed E-state index contributed by atoms with van der Waals surface area (Å²) in [5, 5.41) is 11.1. The molecule has 1 unspecified atom stereocenters. The van der Waals surface area contributed by atoms with Gasteiger partial charge >= 0.3 is 0 Å². The van der Waals surface area contributed by atoms with Gasteiger partial charge in [-0.3, -0.25) is 0 Å². The number of hydrogen-bond donors (Lipinski definition) is 1. The molecule has 0 aliphatic rings. The van der Waals surface area contributed by atoms with Crippen molar-refractivity contribution in [3.63, 3.8) is 0 Å². The maximum absolute atomic E-state index is 10.5. The fourth-order valence-electron chi connectivity index (χ4n) is 1.96. The highest BCUT2D eigenvalue weighted by Crippen LogP contribution is 2.32. The maximum atomic E-state index is 10.5. The van der Waals surface area contributed by atoms with Gasteiger partial charge in [-0.05, 0) is 42.7 Å². The van der Waals surface area contributed by atoms with E-state index >= 15 is 0 Å². The number of hydrogen-bond acceptors (Lipinski definition) is 1. The normalized spacial score (nSPS) is 12.5. The summed E-state index contributed by atoms with van der Waals surface area (Å²) in [5.41, 5.74) is 3.77. The van der Waals surface area contributed by atoms with Gasteiger partial charge in [0, 0.05) is 15.1 Å². The molecule has 3 heteroatoms. The van der Waals surface area contributed by atoms with Gasteiger partial charge in [0.15, 0.2) is 0 Å². The lowest BCUT2D eigenvalue weighted by atomic mass is 9.96. The van der Waals surface area contributed by atoms with E-state index in [2.05, 4.69) is 15.9 Å². The number of benzene rings is 2. The Kier molecular flexibility index (Phi) is 4.10. The zero-order valence-corrected chi connectivity index (χ0v) is 12.6. The third-order valence-electron chi connectivity index (χ3n) is 3.04. The number of aliphatic hydroxyl groups excluding tert-OH is 1. The van der Waals surface area contributed by atoms with Gasteiger partial charge in [-0.1, -0.05) is 51.8 Å². The van der Waals surface area contributed by atoms with Crippen molar-refractivity contribution in [3.8, 4) is 0 Å². The van der Waals surface area contributed by atoms with Crippen LogP contribution in [0.25, 0.3) is 0 Å². The van der Waals surface area contributed by atoms with Gasteiger partial charge in [0.1, 0.15) is 6.10 Å². The smallest absolute Gasteiger partial charge is 0.106 e. The average molecular weight is 326 g/mol. The van der Waals surface area contributed by atoms with Gasteiger partial charge in [0.25, 0.3) is 0 Å². The van der Waals surface area contributed by atoms with Crippen LogP contribution in [0.4, 0.5) is 0 Å². The Balaban J connectivity index is 2.50. The van der Waals surface area contributed by atoms with E-state index in [1.165, 1.54) is 0 Å². The molecule has 94 valence electrons. The summed E-state index contributed by atoms with van der Waals surface area (Å²) in [5.74, 6) is 0. The first kappa shape index (κ1) is 13.6. The van der Waals surface area contributed by atoms with E-state index < -0.39 is 6.10 Å². The zero-order chi connectivity index (χ0) is 13.3. The predicted molar refractivity (Wildman–Crippen MR) is 79.1 cm³/mol. The van der Waals surface area contributed by atoms with Crippen LogP contribution < -0.4 is 0 Å². The molecule has 0 radical (unpaired) electrons. The van der Waals surface area contributed by atoms with Crippen LogP contribution in [0.3, 0.4) is 0 Å². The molecule has 0 fully saturated rings. The van der Waals surface area contributed by atoms with Gasteiger partial charge in [-0.25, -0.2) is 0 Å². The predicted octanol–water partition coefficient (Wildman–Crippen LogP) is 4.80. The molecule has 2 aromatic rings. The summed E-state index contributed by atoms with van der Waals surface area (Å²) in [6, 6.07) is 11.4. The Morgan fingerprint density at radius 2 is 1.72 bits per heavy atom. The minimum Gasteiger partial charge on any atom is -0.384 e. The van der Waals surface area contributed by atoms with E-state index in [0.29, 0.717) is 5.02 Å².